The Bertz CT molecular complexity index is 352. The van der Waals surface area contributed by atoms with Gasteiger partial charge in [-0.3, -0.25) is 0 Å². The van der Waals surface area contributed by atoms with Crippen LogP contribution in [0.1, 0.15) is 39.0 Å². The average molecular weight is 221 g/mol. The number of fused-ring (bicyclic) bond motifs is 1. The van der Waals surface area contributed by atoms with E-state index in [0.29, 0.717) is 5.69 Å². The molecule has 2 N–H and O–H groups in total. The van der Waals surface area contributed by atoms with E-state index in [0.717, 1.165) is 24.3 Å². The van der Waals surface area contributed by atoms with Crippen LogP contribution in [0.2, 0.25) is 0 Å². The minimum Gasteiger partial charge on any atom is -0.451 e. The highest BCUT2D eigenvalue weighted by atomic mass is 16.7. The van der Waals surface area contributed by atoms with Crippen molar-refractivity contribution in [1.29, 1.82) is 0 Å². The largest absolute Gasteiger partial charge is 0.451 e. The highest BCUT2D eigenvalue weighted by molar-refractivity contribution is 5.53. The van der Waals surface area contributed by atoms with Crippen molar-refractivity contribution in [2.75, 3.05) is 5.73 Å². The SMILES string of the molecule is CCCCCCC1Oc2ccc(N)cc2O1. The molecule has 0 saturated carbocycles. The van der Waals surface area contributed by atoms with Gasteiger partial charge >= 0.3 is 0 Å². The fourth-order valence-electron chi connectivity index (χ4n) is 1.88. The number of nitrogen functional groups attached to an aromatic ring is 1. The van der Waals surface area contributed by atoms with Gasteiger partial charge in [-0.25, -0.2) is 0 Å². The Hall–Kier alpha value is -1.38. The molecule has 0 fully saturated rings. The maximum absolute atomic E-state index is 5.68. The van der Waals surface area contributed by atoms with Crippen LogP contribution in [0, 0.1) is 0 Å². The molecule has 2 rings (SSSR count). The molecule has 1 unspecified atom stereocenters. The first-order valence-corrected chi connectivity index (χ1v) is 6.02. The van der Waals surface area contributed by atoms with Crippen molar-refractivity contribution in [2.45, 2.75) is 45.3 Å². The standard InChI is InChI=1S/C13H19NO2/c1-2-3-4-5-6-13-15-11-8-7-10(14)9-12(11)16-13/h7-9,13H,2-6,14H2,1H3. The van der Waals surface area contributed by atoms with Crippen LogP contribution in [0.5, 0.6) is 11.5 Å². The molecule has 16 heavy (non-hydrogen) atoms. The van der Waals surface area contributed by atoms with Gasteiger partial charge in [-0.1, -0.05) is 26.2 Å². The predicted molar refractivity (Wildman–Crippen MR) is 64.7 cm³/mol. The van der Waals surface area contributed by atoms with Crippen LogP contribution in [0.3, 0.4) is 0 Å². The summed E-state index contributed by atoms with van der Waals surface area (Å²) in [5, 5.41) is 0. The van der Waals surface area contributed by atoms with E-state index in [9.17, 15) is 0 Å². The summed E-state index contributed by atoms with van der Waals surface area (Å²) in [6.07, 6.45) is 5.78. The Labute approximate surface area is 96.5 Å². The first kappa shape index (κ1) is 11.1. The molecule has 0 amide bonds. The number of benzene rings is 1. The third-order valence-corrected chi connectivity index (χ3v) is 2.78. The highest BCUT2D eigenvalue weighted by Gasteiger charge is 2.23. The molecule has 0 aromatic heterocycles. The van der Waals surface area contributed by atoms with Crippen LogP contribution < -0.4 is 15.2 Å². The lowest BCUT2D eigenvalue weighted by atomic mass is 10.1. The molecular formula is C13H19NO2. The Morgan fingerprint density at radius 1 is 1.12 bits per heavy atom. The quantitative estimate of drug-likeness (QED) is 0.612. The van der Waals surface area contributed by atoms with Gasteiger partial charge in [-0.05, 0) is 18.6 Å². The van der Waals surface area contributed by atoms with Crippen LogP contribution in [0.4, 0.5) is 5.69 Å². The number of rotatable bonds is 5. The van der Waals surface area contributed by atoms with Crippen molar-refractivity contribution in [3.63, 3.8) is 0 Å². The zero-order chi connectivity index (χ0) is 11.4. The summed E-state index contributed by atoms with van der Waals surface area (Å²) < 4.78 is 11.3. The molecule has 1 aliphatic rings. The number of hydrogen-bond donors (Lipinski definition) is 1. The van der Waals surface area contributed by atoms with E-state index in [-0.39, 0.29) is 6.29 Å². The second-order valence-electron chi connectivity index (χ2n) is 4.22. The normalized spacial score (nSPS) is 17.7. The fraction of sp³-hybridized carbons (Fsp3) is 0.538. The van der Waals surface area contributed by atoms with E-state index in [1.807, 2.05) is 18.2 Å². The van der Waals surface area contributed by atoms with E-state index in [1.54, 1.807) is 0 Å². The summed E-state index contributed by atoms with van der Waals surface area (Å²) in [7, 11) is 0. The van der Waals surface area contributed by atoms with Crippen molar-refractivity contribution in [3.8, 4) is 11.5 Å². The number of unbranched alkanes of at least 4 members (excludes halogenated alkanes) is 3. The number of anilines is 1. The lowest BCUT2D eigenvalue weighted by Crippen LogP contribution is -2.17. The van der Waals surface area contributed by atoms with Crippen LogP contribution in [0.25, 0.3) is 0 Å². The van der Waals surface area contributed by atoms with Gasteiger partial charge in [0.15, 0.2) is 11.5 Å². The first-order chi connectivity index (χ1) is 7.79. The Morgan fingerprint density at radius 2 is 1.94 bits per heavy atom. The van der Waals surface area contributed by atoms with Gasteiger partial charge in [0.1, 0.15) is 0 Å². The molecule has 88 valence electrons. The van der Waals surface area contributed by atoms with Crippen molar-refractivity contribution in [3.05, 3.63) is 18.2 Å². The smallest absolute Gasteiger partial charge is 0.241 e. The van der Waals surface area contributed by atoms with Crippen molar-refractivity contribution in [1.82, 2.24) is 0 Å². The zero-order valence-corrected chi connectivity index (χ0v) is 9.74. The van der Waals surface area contributed by atoms with Crippen molar-refractivity contribution >= 4 is 5.69 Å². The molecule has 0 saturated heterocycles. The average Bonchev–Trinajstić information content (AvgIpc) is 2.66. The lowest BCUT2D eigenvalue weighted by molar-refractivity contribution is 0.0396. The minimum absolute atomic E-state index is 0.117. The van der Waals surface area contributed by atoms with Crippen LogP contribution in [-0.2, 0) is 0 Å². The molecule has 3 nitrogen and oxygen atoms in total. The molecule has 1 aromatic carbocycles. The Balaban J connectivity index is 1.81. The maximum Gasteiger partial charge on any atom is 0.241 e. The Kier molecular flexibility index (Phi) is 3.54. The number of nitrogens with two attached hydrogens (primary N) is 1. The van der Waals surface area contributed by atoms with Gasteiger partial charge in [0.05, 0.1) is 0 Å². The third kappa shape index (κ3) is 2.60. The van der Waals surface area contributed by atoms with E-state index >= 15 is 0 Å². The molecular weight excluding hydrogens is 202 g/mol. The second kappa shape index (κ2) is 5.10. The van der Waals surface area contributed by atoms with Crippen molar-refractivity contribution in [2.24, 2.45) is 0 Å². The predicted octanol–water partition coefficient (Wildman–Crippen LogP) is 3.34. The fourth-order valence-corrected chi connectivity index (χ4v) is 1.88. The molecule has 0 aliphatic carbocycles. The molecule has 0 spiro atoms. The van der Waals surface area contributed by atoms with E-state index in [2.05, 4.69) is 6.92 Å². The highest BCUT2D eigenvalue weighted by Crippen LogP contribution is 2.37. The van der Waals surface area contributed by atoms with Gasteiger partial charge in [-0.15, -0.1) is 0 Å². The van der Waals surface area contributed by atoms with Gasteiger partial charge < -0.3 is 15.2 Å². The number of hydrogen-bond acceptors (Lipinski definition) is 3. The van der Waals surface area contributed by atoms with Crippen LogP contribution in [-0.4, -0.2) is 6.29 Å². The molecule has 1 aliphatic heterocycles. The maximum atomic E-state index is 5.68. The van der Waals surface area contributed by atoms with Crippen molar-refractivity contribution < 1.29 is 9.47 Å². The van der Waals surface area contributed by atoms with E-state index < -0.39 is 0 Å². The van der Waals surface area contributed by atoms with Gasteiger partial charge in [-0.2, -0.15) is 0 Å². The molecule has 1 aromatic rings. The number of ether oxygens (including phenoxy) is 2. The molecule has 1 atom stereocenters. The van der Waals surface area contributed by atoms with E-state index in [4.69, 9.17) is 15.2 Å². The van der Waals surface area contributed by atoms with Crippen LogP contribution in [0.15, 0.2) is 18.2 Å². The summed E-state index contributed by atoms with van der Waals surface area (Å²) in [4.78, 5) is 0. The van der Waals surface area contributed by atoms with Gasteiger partial charge in [0.2, 0.25) is 6.29 Å². The van der Waals surface area contributed by atoms with Crippen LogP contribution >= 0.6 is 0 Å². The topological polar surface area (TPSA) is 44.5 Å². The van der Waals surface area contributed by atoms with Gasteiger partial charge in [0.25, 0.3) is 0 Å². The molecule has 1 heterocycles. The molecule has 3 heteroatoms. The summed E-state index contributed by atoms with van der Waals surface area (Å²) in [6.45, 7) is 2.21. The lowest BCUT2D eigenvalue weighted by Gasteiger charge is -2.09. The summed E-state index contributed by atoms with van der Waals surface area (Å²) in [6, 6.07) is 5.53. The third-order valence-electron chi connectivity index (χ3n) is 2.78. The molecule has 0 bridgehead atoms. The first-order valence-electron chi connectivity index (χ1n) is 6.02. The minimum atomic E-state index is -0.117. The Morgan fingerprint density at radius 3 is 2.75 bits per heavy atom. The molecule has 0 radical (unpaired) electrons. The summed E-state index contributed by atoms with van der Waals surface area (Å²) >= 11 is 0. The monoisotopic (exact) mass is 221 g/mol. The van der Waals surface area contributed by atoms with E-state index in [1.165, 1.54) is 19.3 Å². The zero-order valence-electron chi connectivity index (χ0n) is 9.74. The summed E-state index contributed by atoms with van der Waals surface area (Å²) in [5.74, 6) is 1.59. The second-order valence-corrected chi connectivity index (χ2v) is 4.22. The van der Waals surface area contributed by atoms with Gasteiger partial charge in [0, 0.05) is 18.2 Å². The summed E-state index contributed by atoms with van der Waals surface area (Å²) in [5.41, 5.74) is 6.40.